The smallest absolute Gasteiger partial charge is 0.338 e. The molecule has 1 aliphatic heterocycles. The molecule has 0 N–H and O–H groups in total. The zero-order valence-electron chi connectivity index (χ0n) is 21.8. The highest BCUT2D eigenvalue weighted by molar-refractivity contribution is 7.07. The quantitative estimate of drug-likeness (QED) is 0.390. The molecule has 1 aliphatic rings. The first-order valence-corrected chi connectivity index (χ1v) is 12.8. The maximum absolute atomic E-state index is 13.8. The molecule has 1 aromatic heterocycles. The Kier molecular flexibility index (Phi) is 8.13. The van der Waals surface area contributed by atoms with Crippen LogP contribution >= 0.6 is 22.9 Å². The van der Waals surface area contributed by atoms with Gasteiger partial charge >= 0.3 is 5.97 Å². The third-order valence-electron chi connectivity index (χ3n) is 5.99. The Morgan fingerprint density at radius 2 is 1.71 bits per heavy atom. The van der Waals surface area contributed by atoms with Gasteiger partial charge in [-0.05, 0) is 55.3 Å². The van der Waals surface area contributed by atoms with Crippen molar-refractivity contribution in [1.82, 2.24) is 4.57 Å². The average Bonchev–Trinajstić information content (AvgIpc) is 3.21. The topological polar surface area (TPSA) is 97.6 Å². The number of ether oxygens (including phenoxy) is 5. The summed E-state index contributed by atoms with van der Waals surface area (Å²) in [5, 5.41) is 0.421. The number of benzene rings is 2. The third-order valence-corrected chi connectivity index (χ3v) is 7.27. The number of halogens is 1. The summed E-state index contributed by atoms with van der Waals surface area (Å²) in [6.07, 6.45) is 1.73. The van der Waals surface area contributed by atoms with E-state index in [2.05, 4.69) is 4.99 Å². The number of nitrogens with zero attached hydrogens (tertiary/aromatic N) is 2. The minimum absolute atomic E-state index is 0.167. The number of esters is 1. The van der Waals surface area contributed by atoms with Gasteiger partial charge < -0.3 is 23.7 Å². The maximum atomic E-state index is 13.8. The number of carbonyl (C=O) groups is 1. The van der Waals surface area contributed by atoms with Crippen LogP contribution in [-0.4, -0.2) is 45.6 Å². The molecule has 3 aromatic rings. The van der Waals surface area contributed by atoms with Crippen molar-refractivity contribution in [2.24, 2.45) is 4.99 Å². The number of carbonyl (C=O) groups excluding carboxylic acids is 1. The summed E-state index contributed by atoms with van der Waals surface area (Å²) in [4.78, 5) is 32.0. The van der Waals surface area contributed by atoms with Gasteiger partial charge in [0.2, 0.25) is 5.75 Å². The van der Waals surface area contributed by atoms with Gasteiger partial charge in [0.1, 0.15) is 5.75 Å². The van der Waals surface area contributed by atoms with E-state index in [1.165, 1.54) is 44.3 Å². The molecule has 38 heavy (non-hydrogen) atoms. The SMILES string of the molecule is CCOC(=O)C1=C(C)N=c2s/c(=C/c3ccc(OC)c(Cl)c3)c(=O)n2[C@H]1c1cc(OC)c(OC)c(OC)c1. The largest absolute Gasteiger partial charge is 0.495 e. The lowest BCUT2D eigenvalue weighted by atomic mass is 9.95. The predicted octanol–water partition coefficient (Wildman–Crippen LogP) is 3.49. The van der Waals surface area contributed by atoms with Crippen LogP contribution in [0.25, 0.3) is 6.08 Å². The summed E-state index contributed by atoms with van der Waals surface area (Å²) >= 11 is 7.50. The molecule has 2 aromatic carbocycles. The van der Waals surface area contributed by atoms with Crippen LogP contribution in [0.3, 0.4) is 0 Å². The molecule has 0 unspecified atom stereocenters. The van der Waals surface area contributed by atoms with Crippen molar-refractivity contribution in [1.29, 1.82) is 0 Å². The van der Waals surface area contributed by atoms with Crippen LogP contribution in [-0.2, 0) is 9.53 Å². The molecule has 1 atom stereocenters. The van der Waals surface area contributed by atoms with Crippen molar-refractivity contribution in [3.05, 3.63) is 77.4 Å². The fourth-order valence-electron chi connectivity index (χ4n) is 4.29. The Morgan fingerprint density at radius 1 is 1.05 bits per heavy atom. The van der Waals surface area contributed by atoms with E-state index < -0.39 is 12.0 Å². The van der Waals surface area contributed by atoms with E-state index >= 15 is 0 Å². The average molecular weight is 559 g/mol. The van der Waals surface area contributed by atoms with E-state index in [4.69, 9.17) is 35.3 Å². The number of fused-ring (bicyclic) bond motifs is 1. The summed E-state index contributed by atoms with van der Waals surface area (Å²) in [6, 6.07) is 7.82. The molecule has 0 saturated carbocycles. The van der Waals surface area contributed by atoms with Crippen LogP contribution in [0.1, 0.15) is 31.0 Å². The fourth-order valence-corrected chi connectivity index (χ4v) is 5.60. The van der Waals surface area contributed by atoms with Crippen LogP contribution in [0.15, 0.2) is 51.4 Å². The van der Waals surface area contributed by atoms with Crippen LogP contribution in [0, 0.1) is 0 Å². The Bertz CT molecular complexity index is 1580. The van der Waals surface area contributed by atoms with Crippen LogP contribution in [0.5, 0.6) is 23.0 Å². The second-order valence-electron chi connectivity index (χ2n) is 8.15. The Hall–Kier alpha value is -3.76. The van der Waals surface area contributed by atoms with Gasteiger partial charge in [-0.2, -0.15) is 0 Å². The molecule has 4 rings (SSSR count). The van der Waals surface area contributed by atoms with Gasteiger partial charge in [-0.3, -0.25) is 9.36 Å². The first kappa shape index (κ1) is 27.3. The monoisotopic (exact) mass is 558 g/mol. The molecular formula is C27H27ClN2O7S. The van der Waals surface area contributed by atoms with E-state index in [1.54, 1.807) is 50.3 Å². The Labute approximate surface area is 228 Å². The molecule has 0 bridgehead atoms. The highest BCUT2D eigenvalue weighted by atomic mass is 35.5. The van der Waals surface area contributed by atoms with Crippen LogP contribution in [0.4, 0.5) is 0 Å². The molecule has 0 radical (unpaired) electrons. The summed E-state index contributed by atoms with van der Waals surface area (Å²) in [5.41, 5.74) is 1.65. The number of thiazole rings is 1. The molecular weight excluding hydrogens is 532 g/mol. The predicted molar refractivity (Wildman–Crippen MR) is 145 cm³/mol. The standard InChI is InChI=1S/C27H27ClN2O7S/c1-7-37-26(32)22-14(2)29-27-30(23(22)16-12-19(34-4)24(36-6)20(13-16)35-5)25(31)21(38-27)11-15-8-9-18(33-3)17(28)10-15/h8-13,23H,7H2,1-6H3/b21-11+/t23-/m0/s1. The van der Waals surface area contributed by atoms with Gasteiger partial charge in [0, 0.05) is 0 Å². The number of hydrogen-bond donors (Lipinski definition) is 0. The Morgan fingerprint density at radius 3 is 2.26 bits per heavy atom. The lowest BCUT2D eigenvalue weighted by Crippen LogP contribution is -2.40. The van der Waals surface area contributed by atoms with Crippen molar-refractivity contribution in [3.63, 3.8) is 0 Å². The molecule has 11 heteroatoms. The third kappa shape index (κ3) is 4.89. The van der Waals surface area contributed by atoms with Gasteiger partial charge in [0.15, 0.2) is 16.3 Å². The van der Waals surface area contributed by atoms with Gasteiger partial charge in [0.25, 0.3) is 5.56 Å². The second kappa shape index (κ2) is 11.3. The summed E-state index contributed by atoms with van der Waals surface area (Å²) in [7, 11) is 6.04. The molecule has 0 spiro atoms. The summed E-state index contributed by atoms with van der Waals surface area (Å²) in [6.45, 7) is 3.61. The molecule has 200 valence electrons. The second-order valence-corrected chi connectivity index (χ2v) is 9.57. The number of hydrogen-bond acceptors (Lipinski definition) is 9. The number of rotatable bonds is 8. The number of aromatic nitrogens is 1. The lowest BCUT2D eigenvalue weighted by Gasteiger charge is -2.26. The normalized spacial score (nSPS) is 15.0. The minimum atomic E-state index is -0.847. The zero-order chi connectivity index (χ0) is 27.6. The van der Waals surface area contributed by atoms with Crippen molar-refractivity contribution in [3.8, 4) is 23.0 Å². The molecule has 0 saturated heterocycles. The number of methoxy groups -OCH3 is 4. The van der Waals surface area contributed by atoms with Gasteiger partial charge in [-0.15, -0.1) is 0 Å². The van der Waals surface area contributed by atoms with Crippen LogP contribution in [0.2, 0.25) is 5.02 Å². The van der Waals surface area contributed by atoms with Gasteiger partial charge in [0.05, 0.1) is 61.9 Å². The first-order chi connectivity index (χ1) is 18.3. The summed E-state index contributed by atoms with van der Waals surface area (Å²) in [5.74, 6) is 1.12. The first-order valence-electron chi connectivity index (χ1n) is 11.6. The van der Waals surface area contributed by atoms with Crippen molar-refractivity contribution in [2.75, 3.05) is 35.0 Å². The maximum Gasteiger partial charge on any atom is 0.338 e. The van der Waals surface area contributed by atoms with Crippen LogP contribution < -0.4 is 33.8 Å². The molecule has 0 aliphatic carbocycles. The molecule has 0 fully saturated rings. The Balaban J connectivity index is 1.99. The zero-order valence-corrected chi connectivity index (χ0v) is 23.4. The van der Waals surface area contributed by atoms with Crippen molar-refractivity contribution < 1.29 is 28.5 Å². The minimum Gasteiger partial charge on any atom is -0.495 e. The molecule has 0 amide bonds. The van der Waals surface area contributed by atoms with E-state index in [0.717, 1.165) is 0 Å². The lowest BCUT2D eigenvalue weighted by molar-refractivity contribution is -0.139. The highest BCUT2D eigenvalue weighted by Gasteiger charge is 2.34. The fraction of sp³-hybridized carbons (Fsp3) is 0.296. The van der Waals surface area contributed by atoms with Gasteiger partial charge in [-0.25, -0.2) is 9.79 Å². The number of allylic oxidation sites excluding steroid dienone is 1. The van der Waals surface area contributed by atoms with Crippen molar-refractivity contribution in [2.45, 2.75) is 19.9 Å². The molecule has 9 nitrogen and oxygen atoms in total. The van der Waals surface area contributed by atoms with Crippen molar-refractivity contribution >= 4 is 35.0 Å². The van der Waals surface area contributed by atoms with E-state index in [0.29, 0.717) is 54.2 Å². The van der Waals surface area contributed by atoms with E-state index in [1.807, 2.05) is 0 Å². The highest BCUT2D eigenvalue weighted by Crippen LogP contribution is 2.42. The summed E-state index contributed by atoms with van der Waals surface area (Å²) < 4.78 is 29.0. The van der Waals surface area contributed by atoms with E-state index in [-0.39, 0.29) is 17.7 Å². The molecule has 2 heterocycles. The van der Waals surface area contributed by atoms with E-state index in [9.17, 15) is 9.59 Å². The van der Waals surface area contributed by atoms with Gasteiger partial charge in [-0.1, -0.05) is 29.0 Å².